The van der Waals surface area contributed by atoms with E-state index in [-0.39, 0.29) is 34.3 Å². The average molecular weight is 528 g/mol. The van der Waals surface area contributed by atoms with E-state index in [1.807, 2.05) is 6.92 Å². The summed E-state index contributed by atoms with van der Waals surface area (Å²) in [6.07, 6.45) is 0. The lowest BCUT2D eigenvalue weighted by molar-refractivity contribution is -0.132. The highest BCUT2D eigenvalue weighted by atomic mass is 35.5. The molecule has 0 aliphatic carbocycles. The summed E-state index contributed by atoms with van der Waals surface area (Å²) >= 11 is 12.6. The number of ether oxygens (including phenoxy) is 2. The molecular weight excluding hydrogens is 505 g/mol. The smallest absolute Gasteiger partial charge is 0.300 e. The number of anilines is 1. The average Bonchev–Trinajstić information content (AvgIpc) is 3.12. The number of rotatable bonds is 6. The number of methoxy groups -OCH3 is 1. The quantitative estimate of drug-likeness (QED) is 0.230. The van der Waals surface area contributed by atoms with Crippen molar-refractivity contribution in [1.29, 1.82) is 0 Å². The molecule has 1 saturated heterocycles. The molecule has 3 aromatic rings. The maximum atomic E-state index is 13.3. The maximum absolute atomic E-state index is 13.3. The Morgan fingerprint density at radius 3 is 2.39 bits per heavy atom. The van der Waals surface area contributed by atoms with Gasteiger partial charge in [0, 0.05) is 16.3 Å². The molecule has 0 radical (unpaired) electrons. The van der Waals surface area contributed by atoms with Crippen LogP contribution in [0, 0.1) is 6.92 Å². The van der Waals surface area contributed by atoms with Crippen molar-refractivity contribution in [3.63, 3.8) is 0 Å². The first-order chi connectivity index (χ1) is 17.2. The molecule has 0 saturated carbocycles. The second-order valence-corrected chi connectivity index (χ2v) is 8.93. The molecule has 1 unspecified atom stereocenters. The van der Waals surface area contributed by atoms with E-state index in [2.05, 4.69) is 0 Å². The first-order valence-corrected chi connectivity index (χ1v) is 11.8. The molecule has 1 heterocycles. The van der Waals surface area contributed by atoms with E-state index in [0.29, 0.717) is 22.0 Å². The Kier molecular flexibility index (Phi) is 7.15. The fraction of sp³-hybridized carbons (Fsp3) is 0.185. The van der Waals surface area contributed by atoms with Crippen LogP contribution in [0.5, 0.6) is 17.2 Å². The van der Waals surface area contributed by atoms with Crippen LogP contribution < -0.4 is 14.4 Å². The standard InChI is InChI=1S/C27H23Cl2NO6/c1-4-36-22-12-15(6-9-20(22)31)24-23(25(32)16-7-10-21(35-3)19(29)11-16)26(33)27(34)30(24)17-8-5-14(2)18(28)13-17/h5-13,24,31-32H,4H2,1-3H3/b25-23+. The lowest BCUT2D eigenvalue weighted by Gasteiger charge is -2.26. The number of ketones is 1. The Labute approximate surface area is 218 Å². The van der Waals surface area contributed by atoms with Crippen LogP contribution in [0.15, 0.2) is 60.2 Å². The van der Waals surface area contributed by atoms with Crippen molar-refractivity contribution in [3.05, 3.63) is 86.9 Å². The predicted octanol–water partition coefficient (Wildman–Crippen LogP) is 6.04. The molecule has 1 amide bonds. The fourth-order valence-electron chi connectivity index (χ4n) is 4.09. The number of amides is 1. The minimum absolute atomic E-state index is 0.0992. The number of aliphatic hydroxyl groups excluding tert-OH is 1. The SMILES string of the molecule is CCOc1cc(C2/C(=C(\O)c3ccc(OC)c(Cl)c3)C(=O)C(=O)N2c2ccc(C)c(Cl)c2)ccc1O. The molecule has 9 heteroatoms. The van der Waals surface area contributed by atoms with Gasteiger partial charge in [0.25, 0.3) is 11.7 Å². The normalized spacial score (nSPS) is 16.9. The number of aliphatic hydroxyl groups is 1. The number of halogens is 2. The van der Waals surface area contributed by atoms with Gasteiger partial charge in [-0.05, 0) is 67.4 Å². The molecule has 2 N–H and O–H groups in total. The molecule has 1 atom stereocenters. The monoisotopic (exact) mass is 527 g/mol. The van der Waals surface area contributed by atoms with E-state index in [1.54, 1.807) is 37.3 Å². The fourth-order valence-corrected chi connectivity index (χ4v) is 4.52. The van der Waals surface area contributed by atoms with Crippen molar-refractivity contribution in [2.45, 2.75) is 19.9 Å². The Morgan fingerprint density at radius 2 is 1.75 bits per heavy atom. The molecule has 36 heavy (non-hydrogen) atoms. The Hall–Kier alpha value is -3.68. The van der Waals surface area contributed by atoms with Crippen LogP contribution in [-0.4, -0.2) is 35.6 Å². The number of nitrogens with zero attached hydrogens (tertiary/aromatic N) is 1. The van der Waals surface area contributed by atoms with Gasteiger partial charge < -0.3 is 19.7 Å². The van der Waals surface area contributed by atoms with Crippen molar-refractivity contribution < 1.29 is 29.3 Å². The van der Waals surface area contributed by atoms with Crippen molar-refractivity contribution in [2.75, 3.05) is 18.6 Å². The molecule has 1 fully saturated rings. The van der Waals surface area contributed by atoms with Crippen LogP contribution in [0.4, 0.5) is 5.69 Å². The molecule has 0 bridgehead atoms. The molecule has 7 nitrogen and oxygen atoms in total. The largest absolute Gasteiger partial charge is 0.507 e. The first-order valence-electron chi connectivity index (χ1n) is 11.0. The van der Waals surface area contributed by atoms with E-state index in [9.17, 15) is 19.8 Å². The third-order valence-electron chi connectivity index (χ3n) is 5.90. The summed E-state index contributed by atoms with van der Waals surface area (Å²) in [6, 6.07) is 13.0. The number of aromatic hydroxyl groups is 1. The van der Waals surface area contributed by atoms with Crippen LogP contribution in [0.1, 0.15) is 29.7 Å². The van der Waals surface area contributed by atoms with Crippen LogP contribution in [0.25, 0.3) is 5.76 Å². The van der Waals surface area contributed by atoms with Gasteiger partial charge >= 0.3 is 0 Å². The van der Waals surface area contributed by atoms with Gasteiger partial charge in [0.1, 0.15) is 11.5 Å². The number of carbonyl (C=O) groups excluding carboxylic acids is 2. The highest BCUT2D eigenvalue weighted by molar-refractivity contribution is 6.52. The second-order valence-electron chi connectivity index (χ2n) is 8.11. The number of Topliss-reactive ketones (excluding diaryl/α,β-unsaturated/α-hetero) is 1. The zero-order valence-electron chi connectivity index (χ0n) is 19.7. The highest BCUT2D eigenvalue weighted by Gasteiger charge is 2.47. The molecule has 0 spiro atoms. The second kappa shape index (κ2) is 10.1. The highest BCUT2D eigenvalue weighted by Crippen LogP contribution is 2.45. The number of phenols is 1. The minimum atomic E-state index is -1.04. The number of phenolic OH excluding ortho intramolecular Hbond substituents is 1. The van der Waals surface area contributed by atoms with Crippen LogP contribution in [0.2, 0.25) is 10.0 Å². The Balaban J connectivity index is 1.97. The molecule has 186 valence electrons. The molecule has 0 aromatic heterocycles. The van der Waals surface area contributed by atoms with Gasteiger partial charge in [-0.25, -0.2) is 0 Å². The van der Waals surface area contributed by atoms with Crippen LogP contribution in [-0.2, 0) is 9.59 Å². The molecule has 3 aromatic carbocycles. The molecule has 1 aliphatic rings. The van der Waals surface area contributed by atoms with Crippen LogP contribution >= 0.6 is 23.2 Å². The number of hydrogen-bond acceptors (Lipinski definition) is 6. The van der Waals surface area contributed by atoms with E-state index in [4.69, 9.17) is 32.7 Å². The van der Waals surface area contributed by atoms with E-state index < -0.39 is 23.5 Å². The minimum Gasteiger partial charge on any atom is -0.507 e. The summed E-state index contributed by atoms with van der Waals surface area (Å²) in [5, 5.41) is 22.1. The van der Waals surface area contributed by atoms with Gasteiger partial charge in [0.05, 0.1) is 30.4 Å². The van der Waals surface area contributed by atoms with Crippen molar-refractivity contribution >= 4 is 46.3 Å². The summed E-state index contributed by atoms with van der Waals surface area (Å²) in [7, 11) is 1.46. The van der Waals surface area contributed by atoms with E-state index in [0.717, 1.165) is 5.56 Å². The summed E-state index contributed by atoms with van der Waals surface area (Å²) in [5.41, 5.74) is 1.69. The van der Waals surface area contributed by atoms with Gasteiger partial charge in [0.2, 0.25) is 0 Å². The topological polar surface area (TPSA) is 96.3 Å². The Bertz CT molecular complexity index is 1400. The lowest BCUT2D eigenvalue weighted by Crippen LogP contribution is -2.29. The lowest BCUT2D eigenvalue weighted by atomic mass is 9.94. The maximum Gasteiger partial charge on any atom is 0.300 e. The van der Waals surface area contributed by atoms with Crippen molar-refractivity contribution in [3.8, 4) is 17.2 Å². The molecule has 4 rings (SSSR count). The van der Waals surface area contributed by atoms with Gasteiger partial charge in [0.15, 0.2) is 11.5 Å². The third kappa shape index (κ3) is 4.47. The zero-order chi connectivity index (χ0) is 26.1. The summed E-state index contributed by atoms with van der Waals surface area (Å²) in [6.45, 7) is 3.87. The number of aryl methyl sites for hydroxylation is 1. The molecular formula is C27H23Cl2NO6. The number of hydrogen-bond donors (Lipinski definition) is 2. The zero-order valence-corrected chi connectivity index (χ0v) is 21.2. The number of benzene rings is 3. The van der Waals surface area contributed by atoms with Crippen molar-refractivity contribution in [2.24, 2.45) is 0 Å². The summed E-state index contributed by atoms with van der Waals surface area (Å²) < 4.78 is 10.7. The van der Waals surface area contributed by atoms with Crippen molar-refractivity contribution in [1.82, 2.24) is 0 Å². The Morgan fingerprint density at radius 1 is 1.00 bits per heavy atom. The van der Waals surface area contributed by atoms with Crippen LogP contribution in [0.3, 0.4) is 0 Å². The van der Waals surface area contributed by atoms with Gasteiger partial charge in [-0.2, -0.15) is 0 Å². The van der Waals surface area contributed by atoms with E-state index >= 15 is 0 Å². The third-order valence-corrected chi connectivity index (χ3v) is 6.61. The first kappa shape index (κ1) is 25.4. The van der Waals surface area contributed by atoms with Gasteiger partial charge in [-0.15, -0.1) is 0 Å². The number of carbonyl (C=O) groups is 2. The van der Waals surface area contributed by atoms with Gasteiger partial charge in [-0.1, -0.05) is 35.3 Å². The summed E-state index contributed by atoms with van der Waals surface area (Å²) in [5.74, 6) is -1.67. The van der Waals surface area contributed by atoms with Gasteiger partial charge in [-0.3, -0.25) is 14.5 Å². The summed E-state index contributed by atoms with van der Waals surface area (Å²) in [4.78, 5) is 28.0. The predicted molar refractivity (Wildman–Crippen MR) is 138 cm³/mol. The van der Waals surface area contributed by atoms with E-state index in [1.165, 1.54) is 36.3 Å². The molecule has 1 aliphatic heterocycles.